The Bertz CT molecular complexity index is 662. The first-order chi connectivity index (χ1) is 11.7. The summed E-state index contributed by atoms with van der Waals surface area (Å²) in [6.45, 7) is 2.73. The average molecular weight is 345 g/mol. The molecule has 1 N–H and O–H groups in total. The fourth-order valence-electron chi connectivity index (χ4n) is 3.18. The highest BCUT2D eigenvalue weighted by atomic mass is 32.1. The number of aliphatic hydroxyl groups excluding tert-OH is 1. The van der Waals surface area contributed by atoms with Crippen LogP contribution in [0.3, 0.4) is 0 Å². The molecule has 4 nitrogen and oxygen atoms in total. The van der Waals surface area contributed by atoms with Crippen molar-refractivity contribution >= 4 is 17.3 Å². The highest BCUT2D eigenvalue weighted by Gasteiger charge is 2.30. The number of carbonyl (C=O) groups is 1. The van der Waals surface area contributed by atoms with Crippen molar-refractivity contribution in [1.29, 1.82) is 0 Å². The van der Waals surface area contributed by atoms with E-state index in [1.165, 1.54) is 22.4 Å². The van der Waals surface area contributed by atoms with E-state index in [0.717, 1.165) is 32.5 Å². The van der Waals surface area contributed by atoms with Crippen LogP contribution in [-0.2, 0) is 16.1 Å². The summed E-state index contributed by atoms with van der Waals surface area (Å²) in [5, 5.41) is 9.96. The van der Waals surface area contributed by atoms with Gasteiger partial charge in [-0.2, -0.15) is 0 Å². The Labute approximate surface area is 146 Å². The first-order valence-corrected chi connectivity index (χ1v) is 9.11. The molecule has 0 saturated carbocycles. The van der Waals surface area contributed by atoms with Gasteiger partial charge in [0.05, 0.1) is 7.11 Å². The number of carbonyl (C=O) groups excluding carboxylic acids is 1. The molecule has 1 saturated heterocycles. The molecule has 1 unspecified atom stereocenters. The first kappa shape index (κ1) is 17.1. The van der Waals surface area contributed by atoms with Crippen molar-refractivity contribution in [3.63, 3.8) is 0 Å². The predicted octanol–water partition coefficient (Wildman–Crippen LogP) is 3.16. The van der Waals surface area contributed by atoms with Gasteiger partial charge in [0.1, 0.15) is 0 Å². The summed E-state index contributed by atoms with van der Waals surface area (Å²) < 4.78 is 4.63. The normalized spacial score (nSPS) is 17.6. The molecule has 1 fully saturated rings. The van der Waals surface area contributed by atoms with Gasteiger partial charge in [0.2, 0.25) is 0 Å². The van der Waals surface area contributed by atoms with Crippen molar-refractivity contribution in [3.05, 3.63) is 47.3 Å². The topological polar surface area (TPSA) is 49.8 Å². The zero-order chi connectivity index (χ0) is 16.9. The maximum Gasteiger partial charge on any atom is 0.334 e. The lowest BCUT2D eigenvalue weighted by molar-refractivity contribution is -0.154. The van der Waals surface area contributed by atoms with Gasteiger partial charge in [0, 0.05) is 16.3 Å². The monoisotopic (exact) mass is 345 g/mol. The number of rotatable bonds is 5. The summed E-state index contributed by atoms with van der Waals surface area (Å²) in [4.78, 5) is 16.5. The lowest BCUT2D eigenvalue weighted by Crippen LogP contribution is -2.40. The van der Waals surface area contributed by atoms with E-state index < -0.39 is 12.1 Å². The fraction of sp³-hybridized carbons (Fsp3) is 0.421. The second-order valence-corrected chi connectivity index (χ2v) is 7.38. The van der Waals surface area contributed by atoms with Gasteiger partial charge < -0.3 is 9.84 Å². The van der Waals surface area contributed by atoms with Crippen LogP contribution in [0.5, 0.6) is 0 Å². The third-order valence-electron chi connectivity index (χ3n) is 4.62. The van der Waals surface area contributed by atoms with Crippen LogP contribution in [0.1, 0.15) is 17.7 Å². The molecule has 3 rings (SSSR count). The van der Waals surface area contributed by atoms with Crippen molar-refractivity contribution < 1.29 is 14.6 Å². The van der Waals surface area contributed by atoms with Gasteiger partial charge >= 0.3 is 5.97 Å². The maximum absolute atomic E-state index is 11.4. The number of piperidine rings is 1. The highest BCUT2D eigenvalue weighted by Crippen LogP contribution is 2.30. The Morgan fingerprint density at radius 2 is 1.96 bits per heavy atom. The van der Waals surface area contributed by atoms with Crippen LogP contribution in [0.4, 0.5) is 0 Å². The third-order valence-corrected chi connectivity index (χ3v) is 5.74. The molecule has 0 spiro atoms. The summed E-state index contributed by atoms with van der Waals surface area (Å²) in [7, 11) is 1.32. The average Bonchev–Trinajstić information content (AvgIpc) is 3.10. The highest BCUT2D eigenvalue weighted by molar-refractivity contribution is 7.15. The molecule has 0 bridgehead atoms. The molecule has 1 atom stereocenters. The number of aliphatic hydroxyl groups is 1. The van der Waals surface area contributed by atoms with Crippen LogP contribution in [-0.4, -0.2) is 42.3 Å². The third kappa shape index (κ3) is 4.04. The summed E-state index contributed by atoms with van der Waals surface area (Å²) in [5.74, 6) is -0.504. The molecule has 0 aliphatic carbocycles. The number of thiophene rings is 1. The van der Waals surface area contributed by atoms with E-state index in [1.807, 2.05) is 17.4 Å². The van der Waals surface area contributed by atoms with Crippen LogP contribution < -0.4 is 0 Å². The lowest BCUT2D eigenvalue weighted by atomic mass is 9.91. The zero-order valence-corrected chi connectivity index (χ0v) is 14.7. The van der Waals surface area contributed by atoms with Crippen LogP contribution in [0.25, 0.3) is 10.4 Å². The van der Waals surface area contributed by atoms with E-state index in [0.29, 0.717) is 0 Å². The summed E-state index contributed by atoms with van der Waals surface area (Å²) >= 11 is 1.83. The standard InChI is InChI=1S/C19H23NO3S/c1-23-19(22)18(21)15-9-11-20(12-10-15)13-16-7-8-17(24-16)14-5-3-2-4-6-14/h2-8,15,18,21H,9-13H2,1H3. The van der Waals surface area contributed by atoms with Crippen LogP contribution in [0, 0.1) is 5.92 Å². The van der Waals surface area contributed by atoms with E-state index in [4.69, 9.17) is 0 Å². The van der Waals surface area contributed by atoms with Crippen LogP contribution >= 0.6 is 11.3 Å². The maximum atomic E-state index is 11.4. The number of nitrogens with zero attached hydrogens (tertiary/aromatic N) is 1. The summed E-state index contributed by atoms with van der Waals surface area (Å²) in [6.07, 6.45) is 0.670. The van der Waals surface area contributed by atoms with Gasteiger partial charge in [-0.3, -0.25) is 4.90 Å². The molecule has 1 aliphatic heterocycles. The molecule has 0 amide bonds. The quantitative estimate of drug-likeness (QED) is 0.846. The Morgan fingerprint density at radius 3 is 2.62 bits per heavy atom. The number of hydrogen-bond acceptors (Lipinski definition) is 5. The number of ether oxygens (including phenoxy) is 1. The van der Waals surface area contributed by atoms with E-state index in [-0.39, 0.29) is 5.92 Å². The van der Waals surface area contributed by atoms with Gasteiger partial charge in [-0.05, 0) is 49.5 Å². The molecule has 0 radical (unpaired) electrons. The van der Waals surface area contributed by atoms with Crippen LogP contribution in [0.2, 0.25) is 0 Å². The van der Waals surface area contributed by atoms with Crippen molar-refractivity contribution in [2.24, 2.45) is 5.92 Å². The molecule has 2 heterocycles. The van der Waals surface area contributed by atoms with Gasteiger partial charge in [-0.25, -0.2) is 4.79 Å². The van der Waals surface area contributed by atoms with E-state index in [2.05, 4.69) is 46.0 Å². The number of benzene rings is 1. The van der Waals surface area contributed by atoms with Gasteiger partial charge in [-0.15, -0.1) is 11.3 Å². The largest absolute Gasteiger partial charge is 0.467 e. The second kappa shape index (κ2) is 7.92. The predicted molar refractivity (Wildman–Crippen MR) is 95.8 cm³/mol. The second-order valence-electron chi connectivity index (χ2n) is 6.21. The molecule has 5 heteroatoms. The molecular weight excluding hydrogens is 322 g/mol. The lowest BCUT2D eigenvalue weighted by Gasteiger charge is -2.33. The zero-order valence-electron chi connectivity index (χ0n) is 13.9. The summed E-state index contributed by atoms with van der Waals surface area (Å²) in [6, 6.07) is 14.8. The minimum Gasteiger partial charge on any atom is -0.467 e. The van der Waals surface area contributed by atoms with Gasteiger partial charge in [-0.1, -0.05) is 30.3 Å². The SMILES string of the molecule is COC(=O)C(O)C1CCN(Cc2ccc(-c3ccccc3)s2)CC1. The minimum atomic E-state index is -0.983. The number of likely N-dealkylation sites (tertiary alicyclic amines) is 1. The van der Waals surface area contributed by atoms with Gasteiger partial charge in [0.25, 0.3) is 0 Å². The van der Waals surface area contributed by atoms with Crippen LogP contribution in [0.15, 0.2) is 42.5 Å². The smallest absolute Gasteiger partial charge is 0.334 e. The number of hydrogen-bond donors (Lipinski definition) is 1. The molecule has 128 valence electrons. The Kier molecular flexibility index (Phi) is 5.66. The summed E-state index contributed by atoms with van der Waals surface area (Å²) in [5.41, 5.74) is 1.26. The molecule has 2 aromatic rings. The molecule has 1 aliphatic rings. The fourth-order valence-corrected chi connectivity index (χ4v) is 4.24. The van der Waals surface area contributed by atoms with Gasteiger partial charge in [0.15, 0.2) is 6.10 Å². The molecule has 1 aromatic heterocycles. The molecule has 24 heavy (non-hydrogen) atoms. The Morgan fingerprint density at radius 1 is 1.25 bits per heavy atom. The van der Waals surface area contributed by atoms with E-state index in [1.54, 1.807) is 0 Å². The molecule has 1 aromatic carbocycles. The minimum absolute atomic E-state index is 0.0110. The molecular formula is C19H23NO3S. The Hall–Kier alpha value is -1.69. The van der Waals surface area contributed by atoms with Crippen molar-refractivity contribution in [2.75, 3.05) is 20.2 Å². The van der Waals surface area contributed by atoms with E-state index in [9.17, 15) is 9.90 Å². The van der Waals surface area contributed by atoms with Crippen molar-refractivity contribution in [2.45, 2.75) is 25.5 Å². The first-order valence-electron chi connectivity index (χ1n) is 8.30. The number of methoxy groups -OCH3 is 1. The number of esters is 1. The Balaban J connectivity index is 1.54. The van der Waals surface area contributed by atoms with Crippen molar-refractivity contribution in [1.82, 2.24) is 4.90 Å². The van der Waals surface area contributed by atoms with Crippen molar-refractivity contribution in [3.8, 4) is 10.4 Å². The van der Waals surface area contributed by atoms with E-state index >= 15 is 0 Å².